The molecule has 4 rings (SSSR count). The standard InChI is InChI=1S/C27H19FN2O2/c28-24-12-6-7-13-25(24)30-27(31)21(17-29)16-23-22-11-5-4-10-20(22)14-15-26(23)32-18-19-8-2-1-3-9-19/h1-16H,18H2,(H,30,31). The Labute approximate surface area is 185 Å². The second-order valence-electron chi connectivity index (χ2n) is 7.08. The fraction of sp³-hybridized carbons (Fsp3) is 0.0370. The van der Waals surface area contributed by atoms with Gasteiger partial charge in [0, 0.05) is 5.56 Å². The molecule has 4 nitrogen and oxygen atoms in total. The van der Waals surface area contributed by atoms with Gasteiger partial charge in [-0.1, -0.05) is 72.8 Å². The highest BCUT2D eigenvalue weighted by atomic mass is 19.1. The fourth-order valence-corrected chi connectivity index (χ4v) is 3.33. The van der Waals surface area contributed by atoms with Crippen LogP contribution in [0.4, 0.5) is 10.1 Å². The Kier molecular flexibility index (Phi) is 6.24. The van der Waals surface area contributed by atoms with E-state index in [2.05, 4.69) is 5.32 Å². The summed E-state index contributed by atoms with van der Waals surface area (Å²) in [6, 6.07) is 28.8. The van der Waals surface area contributed by atoms with Crippen LogP contribution in [0.5, 0.6) is 5.75 Å². The number of anilines is 1. The van der Waals surface area contributed by atoms with Crippen LogP contribution in [0.1, 0.15) is 11.1 Å². The highest BCUT2D eigenvalue weighted by Gasteiger charge is 2.15. The van der Waals surface area contributed by atoms with Crippen LogP contribution in [-0.4, -0.2) is 5.91 Å². The van der Waals surface area contributed by atoms with E-state index >= 15 is 0 Å². The predicted octanol–water partition coefficient (Wildman–Crippen LogP) is 6.10. The van der Waals surface area contributed by atoms with Crippen molar-refractivity contribution in [2.45, 2.75) is 6.61 Å². The molecule has 0 aromatic heterocycles. The smallest absolute Gasteiger partial charge is 0.266 e. The number of nitrogens with zero attached hydrogens (tertiary/aromatic N) is 1. The number of hydrogen-bond acceptors (Lipinski definition) is 3. The van der Waals surface area contributed by atoms with Gasteiger partial charge in [0.1, 0.15) is 29.8 Å². The lowest BCUT2D eigenvalue weighted by Gasteiger charge is -2.13. The van der Waals surface area contributed by atoms with Crippen LogP contribution in [0, 0.1) is 17.1 Å². The van der Waals surface area contributed by atoms with E-state index in [9.17, 15) is 14.4 Å². The van der Waals surface area contributed by atoms with Gasteiger partial charge in [-0.05, 0) is 40.6 Å². The quantitative estimate of drug-likeness (QED) is 0.301. The van der Waals surface area contributed by atoms with E-state index in [0.29, 0.717) is 17.9 Å². The molecule has 0 fully saturated rings. The van der Waals surface area contributed by atoms with Crippen molar-refractivity contribution in [1.82, 2.24) is 0 Å². The number of carbonyl (C=O) groups excluding carboxylic acids is 1. The molecule has 0 radical (unpaired) electrons. The number of nitrogens with one attached hydrogen (secondary N) is 1. The lowest BCUT2D eigenvalue weighted by Crippen LogP contribution is -2.14. The molecule has 0 aliphatic rings. The number of hydrogen-bond donors (Lipinski definition) is 1. The van der Waals surface area contributed by atoms with Gasteiger partial charge in [0.25, 0.3) is 5.91 Å². The molecule has 1 amide bonds. The van der Waals surface area contributed by atoms with Gasteiger partial charge < -0.3 is 10.1 Å². The van der Waals surface area contributed by atoms with Gasteiger partial charge in [-0.15, -0.1) is 0 Å². The molecule has 0 saturated heterocycles. The average Bonchev–Trinajstić information content (AvgIpc) is 2.83. The Balaban J connectivity index is 1.71. The van der Waals surface area contributed by atoms with Crippen LogP contribution in [0.25, 0.3) is 16.8 Å². The largest absolute Gasteiger partial charge is 0.488 e. The Morgan fingerprint density at radius 2 is 1.66 bits per heavy atom. The summed E-state index contributed by atoms with van der Waals surface area (Å²) in [6.45, 7) is 0.337. The molecule has 4 aromatic rings. The number of amides is 1. The summed E-state index contributed by atoms with van der Waals surface area (Å²) < 4.78 is 20.0. The maximum Gasteiger partial charge on any atom is 0.266 e. The lowest BCUT2D eigenvalue weighted by atomic mass is 10.0. The molecule has 5 heteroatoms. The van der Waals surface area contributed by atoms with E-state index in [0.717, 1.165) is 16.3 Å². The molecule has 0 aliphatic heterocycles. The van der Waals surface area contributed by atoms with Crippen LogP contribution < -0.4 is 10.1 Å². The lowest BCUT2D eigenvalue weighted by molar-refractivity contribution is -0.112. The highest BCUT2D eigenvalue weighted by Crippen LogP contribution is 2.31. The van der Waals surface area contributed by atoms with E-state index in [1.165, 1.54) is 24.3 Å². The summed E-state index contributed by atoms with van der Waals surface area (Å²) in [7, 11) is 0. The Bertz CT molecular complexity index is 1340. The summed E-state index contributed by atoms with van der Waals surface area (Å²) in [5.41, 5.74) is 1.46. The third-order valence-electron chi connectivity index (χ3n) is 4.94. The zero-order valence-electron chi connectivity index (χ0n) is 17.1. The highest BCUT2D eigenvalue weighted by molar-refractivity contribution is 6.11. The SMILES string of the molecule is N#CC(=Cc1c(OCc2ccccc2)ccc2ccccc12)C(=O)Nc1ccccc1F. The first-order valence-electron chi connectivity index (χ1n) is 10.0. The molecule has 156 valence electrons. The molecule has 0 bridgehead atoms. The van der Waals surface area contributed by atoms with Gasteiger partial charge in [-0.2, -0.15) is 5.26 Å². The van der Waals surface area contributed by atoms with E-state index in [1.54, 1.807) is 6.07 Å². The number of fused-ring (bicyclic) bond motifs is 1. The van der Waals surface area contributed by atoms with Crippen molar-refractivity contribution in [3.63, 3.8) is 0 Å². The van der Waals surface area contributed by atoms with Gasteiger partial charge in [-0.25, -0.2) is 4.39 Å². The van der Waals surface area contributed by atoms with Gasteiger partial charge in [-0.3, -0.25) is 4.79 Å². The Hall–Kier alpha value is -4.43. The minimum Gasteiger partial charge on any atom is -0.488 e. The van der Waals surface area contributed by atoms with Crippen molar-refractivity contribution in [3.05, 3.63) is 114 Å². The van der Waals surface area contributed by atoms with Crippen LogP contribution in [0.3, 0.4) is 0 Å². The first-order chi connectivity index (χ1) is 15.7. The van der Waals surface area contributed by atoms with Crippen LogP contribution >= 0.6 is 0 Å². The van der Waals surface area contributed by atoms with Crippen LogP contribution in [0.15, 0.2) is 96.6 Å². The summed E-state index contributed by atoms with van der Waals surface area (Å²) in [5, 5.41) is 13.9. The third kappa shape index (κ3) is 4.66. The van der Waals surface area contributed by atoms with Crippen molar-refractivity contribution in [1.29, 1.82) is 5.26 Å². The Morgan fingerprint density at radius 1 is 0.938 bits per heavy atom. The summed E-state index contributed by atoms with van der Waals surface area (Å²) in [6.07, 6.45) is 1.48. The minimum atomic E-state index is -0.695. The fourth-order valence-electron chi connectivity index (χ4n) is 3.33. The van der Waals surface area contributed by atoms with Crippen LogP contribution in [0.2, 0.25) is 0 Å². The molecule has 0 saturated carbocycles. The third-order valence-corrected chi connectivity index (χ3v) is 4.94. The molecule has 32 heavy (non-hydrogen) atoms. The van der Waals surface area contributed by atoms with Gasteiger partial charge in [0.2, 0.25) is 0 Å². The van der Waals surface area contributed by atoms with Crippen molar-refractivity contribution in [2.24, 2.45) is 0 Å². The second kappa shape index (κ2) is 9.59. The minimum absolute atomic E-state index is 0.0112. The van der Waals surface area contributed by atoms with Crippen molar-refractivity contribution < 1.29 is 13.9 Å². The summed E-state index contributed by atoms with van der Waals surface area (Å²) in [4.78, 5) is 12.7. The molecule has 0 unspecified atom stereocenters. The van der Waals surface area contributed by atoms with E-state index in [4.69, 9.17) is 4.74 Å². The summed E-state index contributed by atoms with van der Waals surface area (Å²) >= 11 is 0. The maximum atomic E-state index is 13.9. The number of ether oxygens (including phenoxy) is 1. The van der Waals surface area contributed by atoms with Gasteiger partial charge >= 0.3 is 0 Å². The predicted molar refractivity (Wildman–Crippen MR) is 123 cm³/mol. The number of carbonyl (C=O) groups is 1. The van der Waals surface area contributed by atoms with Crippen molar-refractivity contribution >= 4 is 28.4 Å². The molecular weight excluding hydrogens is 403 g/mol. The molecule has 0 spiro atoms. The van der Waals surface area contributed by atoms with E-state index in [-0.39, 0.29) is 11.3 Å². The Morgan fingerprint density at radius 3 is 2.44 bits per heavy atom. The van der Waals surface area contributed by atoms with Crippen molar-refractivity contribution in [2.75, 3.05) is 5.32 Å². The molecule has 0 atom stereocenters. The van der Waals surface area contributed by atoms with Gasteiger partial charge in [0.05, 0.1) is 5.69 Å². The molecule has 0 heterocycles. The number of rotatable bonds is 6. The maximum absolute atomic E-state index is 13.9. The molecular formula is C27H19FN2O2. The monoisotopic (exact) mass is 422 g/mol. The van der Waals surface area contributed by atoms with Crippen LogP contribution in [-0.2, 0) is 11.4 Å². The number of benzene rings is 4. The number of para-hydroxylation sites is 1. The first-order valence-corrected chi connectivity index (χ1v) is 10.0. The molecule has 0 aliphatic carbocycles. The molecule has 4 aromatic carbocycles. The second-order valence-corrected chi connectivity index (χ2v) is 7.08. The normalized spacial score (nSPS) is 11.1. The van der Waals surface area contributed by atoms with Gasteiger partial charge in [0.15, 0.2) is 0 Å². The van der Waals surface area contributed by atoms with E-state index in [1.807, 2.05) is 72.8 Å². The average molecular weight is 422 g/mol. The zero-order valence-corrected chi connectivity index (χ0v) is 17.1. The zero-order chi connectivity index (χ0) is 22.3. The number of halogens is 1. The number of nitriles is 1. The van der Waals surface area contributed by atoms with Crippen molar-refractivity contribution in [3.8, 4) is 11.8 Å². The summed E-state index contributed by atoms with van der Waals surface area (Å²) in [5.74, 6) is -0.728. The first kappa shape index (κ1) is 20.8. The topological polar surface area (TPSA) is 62.1 Å². The van der Waals surface area contributed by atoms with E-state index < -0.39 is 11.7 Å². The molecule has 1 N–H and O–H groups in total.